The average Bonchev–Trinajstić information content (AvgIpc) is 3.00. The third-order valence-electron chi connectivity index (χ3n) is 3.75. The van der Waals surface area contributed by atoms with E-state index in [0.717, 1.165) is 11.3 Å². The Labute approximate surface area is 158 Å². The maximum absolute atomic E-state index is 12.2. The van der Waals surface area contributed by atoms with E-state index >= 15 is 0 Å². The number of hydrogen-bond acceptors (Lipinski definition) is 7. The molecule has 1 amide bonds. The Morgan fingerprint density at radius 3 is 2.81 bits per heavy atom. The maximum atomic E-state index is 12.2. The van der Waals surface area contributed by atoms with Crippen LogP contribution in [0.5, 0.6) is 0 Å². The van der Waals surface area contributed by atoms with Crippen molar-refractivity contribution in [3.8, 4) is 0 Å². The van der Waals surface area contributed by atoms with Crippen molar-refractivity contribution >= 4 is 39.2 Å². The van der Waals surface area contributed by atoms with E-state index in [1.807, 2.05) is 0 Å². The van der Waals surface area contributed by atoms with Crippen molar-refractivity contribution in [1.29, 1.82) is 0 Å². The second-order valence-electron chi connectivity index (χ2n) is 5.73. The minimum atomic E-state index is -0.453. The van der Waals surface area contributed by atoms with Gasteiger partial charge in [0.05, 0.1) is 23.2 Å². The van der Waals surface area contributed by atoms with Gasteiger partial charge in [-0.1, -0.05) is 23.5 Å². The number of aromatic nitrogens is 3. The quantitative estimate of drug-likeness (QED) is 0.629. The molecule has 3 aromatic rings. The van der Waals surface area contributed by atoms with Crippen LogP contribution < -0.4 is 10.9 Å². The van der Waals surface area contributed by atoms with Crippen molar-refractivity contribution in [2.24, 2.45) is 0 Å². The molecule has 0 unspecified atom stereocenters. The number of amides is 1. The van der Waals surface area contributed by atoms with Gasteiger partial charge in [0.1, 0.15) is 10.7 Å². The standard InChI is InChI=1S/C18H18N4O4S/c1-3-26-17(25)15-10(2)19-18(27-15)22-14(23)9-8-13-20-12-7-5-4-6-11(12)16(24)21-13/h4-7H,3,8-9H2,1-2H3,(H,19,22,23)(H,20,21,24). The number of carbonyl (C=O) groups is 2. The summed E-state index contributed by atoms with van der Waals surface area (Å²) in [6.45, 7) is 3.68. The zero-order valence-corrected chi connectivity index (χ0v) is 15.7. The number of ether oxygens (including phenoxy) is 1. The van der Waals surface area contributed by atoms with Gasteiger partial charge in [-0.2, -0.15) is 0 Å². The van der Waals surface area contributed by atoms with Crippen molar-refractivity contribution in [3.05, 3.63) is 51.0 Å². The van der Waals surface area contributed by atoms with Crippen LogP contribution in [-0.2, 0) is 16.0 Å². The monoisotopic (exact) mass is 386 g/mol. The number of H-pyrrole nitrogens is 1. The molecule has 1 aromatic carbocycles. The van der Waals surface area contributed by atoms with Crippen molar-refractivity contribution in [2.45, 2.75) is 26.7 Å². The van der Waals surface area contributed by atoms with Gasteiger partial charge in [0.2, 0.25) is 5.91 Å². The zero-order chi connectivity index (χ0) is 19.4. The van der Waals surface area contributed by atoms with Gasteiger partial charge in [0.25, 0.3) is 5.56 Å². The number of benzene rings is 1. The van der Waals surface area contributed by atoms with Crippen LogP contribution in [-0.4, -0.2) is 33.4 Å². The smallest absolute Gasteiger partial charge is 0.350 e. The molecule has 0 aliphatic heterocycles. The summed E-state index contributed by atoms with van der Waals surface area (Å²) < 4.78 is 4.96. The van der Waals surface area contributed by atoms with E-state index in [4.69, 9.17) is 4.74 Å². The van der Waals surface area contributed by atoms with Crippen LogP contribution in [0.1, 0.15) is 34.5 Å². The average molecular weight is 386 g/mol. The van der Waals surface area contributed by atoms with E-state index < -0.39 is 5.97 Å². The maximum Gasteiger partial charge on any atom is 0.350 e. The highest BCUT2D eigenvalue weighted by molar-refractivity contribution is 7.17. The molecule has 0 atom stereocenters. The van der Waals surface area contributed by atoms with Crippen LogP contribution in [0.3, 0.4) is 0 Å². The van der Waals surface area contributed by atoms with Crippen molar-refractivity contribution in [1.82, 2.24) is 15.0 Å². The number of carbonyl (C=O) groups excluding carboxylic acids is 2. The first kappa shape index (κ1) is 18.7. The van der Waals surface area contributed by atoms with Crippen LogP contribution in [0.25, 0.3) is 10.9 Å². The molecule has 3 rings (SSSR count). The van der Waals surface area contributed by atoms with Crippen LogP contribution in [0.2, 0.25) is 0 Å². The molecule has 0 radical (unpaired) electrons. The molecule has 0 bridgehead atoms. The van der Waals surface area contributed by atoms with Crippen LogP contribution in [0.4, 0.5) is 5.13 Å². The number of anilines is 1. The fourth-order valence-corrected chi connectivity index (χ4v) is 3.38. The number of aryl methyl sites for hydroxylation is 2. The minimum Gasteiger partial charge on any atom is -0.462 e. The highest BCUT2D eigenvalue weighted by Crippen LogP contribution is 2.23. The van der Waals surface area contributed by atoms with Gasteiger partial charge in [0, 0.05) is 12.8 Å². The van der Waals surface area contributed by atoms with E-state index in [1.165, 1.54) is 0 Å². The Hall–Kier alpha value is -3.07. The molecule has 9 heteroatoms. The summed E-state index contributed by atoms with van der Waals surface area (Å²) in [6, 6.07) is 7.02. The lowest BCUT2D eigenvalue weighted by Gasteiger charge is -2.03. The molecule has 2 heterocycles. The predicted octanol–water partition coefficient (Wildman–Crippen LogP) is 2.44. The van der Waals surface area contributed by atoms with Crippen LogP contribution >= 0.6 is 11.3 Å². The molecule has 27 heavy (non-hydrogen) atoms. The lowest BCUT2D eigenvalue weighted by molar-refractivity contribution is -0.116. The van der Waals surface area contributed by atoms with Gasteiger partial charge >= 0.3 is 5.97 Å². The lowest BCUT2D eigenvalue weighted by Crippen LogP contribution is -2.16. The number of rotatable bonds is 6. The van der Waals surface area contributed by atoms with Crippen molar-refractivity contribution < 1.29 is 14.3 Å². The normalized spacial score (nSPS) is 10.7. The molecule has 0 aliphatic rings. The minimum absolute atomic E-state index is 0.120. The summed E-state index contributed by atoms with van der Waals surface area (Å²) in [6.07, 6.45) is 0.398. The summed E-state index contributed by atoms with van der Waals surface area (Å²) in [4.78, 5) is 47.6. The second kappa shape index (κ2) is 8.09. The van der Waals surface area contributed by atoms with E-state index in [9.17, 15) is 14.4 Å². The molecule has 0 saturated heterocycles. The van der Waals surface area contributed by atoms with E-state index in [1.54, 1.807) is 38.1 Å². The second-order valence-corrected chi connectivity index (χ2v) is 6.73. The fourth-order valence-electron chi connectivity index (χ4n) is 2.50. The van der Waals surface area contributed by atoms with E-state index in [2.05, 4.69) is 20.3 Å². The third kappa shape index (κ3) is 4.37. The number of para-hydroxylation sites is 1. The van der Waals surface area contributed by atoms with E-state index in [-0.39, 0.29) is 30.9 Å². The molecular formula is C18H18N4O4S. The zero-order valence-electron chi connectivity index (χ0n) is 14.9. The largest absolute Gasteiger partial charge is 0.462 e. The first-order chi connectivity index (χ1) is 13.0. The highest BCUT2D eigenvalue weighted by atomic mass is 32.1. The van der Waals surface area contributed by atoms with Crippen molar-refractivity contribution in [3.63, 3.8) is 0 Å². The van der Waals surface area contributed by atoms with Crippen molar-refractivity contribution in [2.75, 3.05) is 11.9 Å². The summed E-state index contributed by atoms with van der Waals surface area (Å²) >= 11 is 1.07. The predicted molar refractivity (Wildman–Crippen MR) is 102 cm³/mol. The number of aromatic amines is 1. The number of hydrogen-bond donors (Lipinski definition) is 2. The molecule has 0 spiro atoms. The van der Waals surface area contributed by atoms with Gasteiger partial charge in [-0.25, -0.2) is 14.8 Å². The number of thiazole rings is 1. The number of nitrogens with zero attached hydrogens (tertiary/aromatic N) is 2. The van der Waals surface area contributed by atoms with Crippen LogP contribution in [0.15, 0.2) is 29.1 Å². The first-order valence-electron chi connectivity index (χ1n) is 8.40. The number of nitrogens with one attached hydrogen (secondary N) is 2. The Balaban J connectivity index is 1.64. The Morgan fingerprint density at radius 2 is 2.04 bits per heavy atom. The van der Waals surface area contributed by atoms with Crippen LogP contribution in [0, 0.1) is 6.92 Å². The van der Waals surface area contributed by atoms with Gasteiger partial charge in [-0.3, -0.25) is 9.59 Å². The SMILES string of the molecule is CCOC(=O)c1sc(NC(=O)CCc2nc3ccccc3c(=O)[nH]2)nc1C. The van der Waals surface area contributed by atoms with Gasteiger partial charge in [-0.05, 0) is 26.0 Å². The summed E-state index contributed by atoms with van der Waals surface area (Å²) in [5, 5.41) is 3.51. The number of esters is 1. The molecule has 140 valence electrons. The van der Waals surface area contributed by atoms with Gasteiger partial charge < -0.3 is 15.0 Å². The summed E-state index contributed by atoms with van der Waals surface area (Å²) in [7, 11) is 0. The Bertz CT molecular complexity index is 1060. The number of fused-ring (bicyclic) bond motifs is 1. The summed E-state index contributed by atoms with van der Waals surface area (Å²) in [5.74, 6) is -0.294. The molecule has 2 aromatic heterocycles. The highest BCUT2D eigenvalue weighted by Gasteiger charge is 2.17. The first-order valence-corrected chi connectivity index (χ1v) is 9.22. The van der Waals surface area contributed by atoms with Gasteiger partial charge in [-0.15, -0.1) is 0 Å². The third-order valence-corrected chi connectivity index (χ3v) is 4.81. The topological polar surface area (TPSA) is 114 Å². The lowest BCUT2D eigenvalue weighted by atomic mass is 10.2. The molecule has 0 aliphatic carbocycles. The molecule has 8 nitrogen and oxygen atoms in total. The Morgan fingerprint density at radius 1 is 1.26 bits per heavy atom. The molecule has 0 fully saturated rings. The van der Waals surface area contributed by atoms with E-state index in [0.29, 0.717) is 32.4 Å². The molecule has 2 N–H and O–H groups in total. The molecule has 0 saturated carbocycles. The Kier molecular flexibility index (Phi) is 5.60. The fraction of sp³-hybridized carbons (Fsp3) is 0.278. The molecular weight excluding hydrogens is 368 g/mol. The van der Waals surface area contributed by atoms with Gasteiger partial charge in [0.15, 0.2) is 5.13 Å². The summed E-state index contributed by atoms with van der Waals surface area (Å²) in [5.41, 5.74) is 0.867.